The summed E-state index contributed by atoms with van der Waals surface area (Å²) in [4.78, 5) is 0. The fourth-order valence-electron chi connectivity index (χ4n) is 2.36. The van der Waals surface area contributed by atoms with Gasteiger partial charge >= 0.3 is 0 Å². The third kappa shape index (κ3) is 4.24. The quantitative estimate of drug-likeness (QED) is 0.786. The van der Waals surface area contributed by atoms with Gasteiger partial charge in [-0.25, -0.2) is 0 Å². The van der Waals surface area contributed by atoms with Crippen LogP contribution in [0, 0.1) is 0 Å². The molecule has 2 aromatic rings. The van der Waals surface area contributed by atoms with Crippen LogP contribution in [0.5, 0.6) is 23.0 Å². The first-order valence-electron chi connectivity index (χ1n) is 7.45. The highest BCUT2D eigenvalue weighted by atomic mass is 35.5. The van der Waals surface area contributed by atoms with Crippen molar-refractivity contribution in [3.63, 3.8) is 0 Å². The molecule has 5 nitrogen and oxygen atoms in total. The van der Waals surface area contributed by atoms with Crippen molar-refractivity contribution in [2.45, 2.75) is 13.1 Å². The van der Waals surface area contributed by atoms with Gasteiger partial charge in [0.1, 0.15) is 0 Å². The molecule has 24 heavy (non-hydrogen) atoms. The third-order valence-electron chi connectivity index (χ3n) is 3.65. The van der Waals surface area contributed by atoms with Crippen molar-refractivity contribution < 1.29 is 18.9 Å². The van der Waals surface area contributed by atoms with E-state index in [4.69, 9.17) is 30.5 Å². The fraction of sp³-hybridized carbons (Fsp3) is 0.333. The standard InChI is InChI=1S/C18H22ClNO4/c1-21-15-6-5-12(7-16(15)22-2)10-20-11-13-8-17(23-3)18(24-4)9-14(13)19/h5-9,20H,10-11H2,1-4H3. The molecule has 2 aromatic carbocycles. The maximum atomic E-state index is 6.29. The van der Waals surface area contributed by atoms with E-state index in [2.05, 4.69) is 5.32 Å². The van der Waals surface area contributed by atoms with E-state index in [1.807, 2.05) is 24.3 Å². The minimum atomic E-state index is 0.605. The highest BCUT2D eigenvalue weighted by Crippen LogP contribution is 2.33. The van der Waals surface area contributed by atoms with E-state index >= 15 is 0 Å². The summed E-state index contributed by atoms with van der Waals surface area (Å²) in [5.41, 5.74) is 2.03. The third-order valence-corrected chi connectivity index (χ3v) is 4.00. The van der Waals surface area contributed by atoms with Crippen molar-refractivity contribution >= 4 is 11.6 Å². The van der Waals surface area contributed by atoms with Gasteiger partial charge in [-0.3, -0.25) is 0 Å². The number of nitrogens with one attached hydrogen (secondary N) is 1. The second kappa shape index (κ2) is 8.66. The number of rotatable bonds is 8. The van der Waals surface area contributed by atoms with E-state index in [0.29, 0.717) is 41.1 Å². The lowest BCUT2D eigenvalue weighted by atomic mass is 10.1. The summed E-state index contributed by atoms with van der Waals surface area (Å²) in [5.74, 6) is 2.70. The Kier molecular flexibility index (Phi) is 6.58. The van der Waals surface area contributed by atoms with Crippen LogP contribution in [0.15, 0.2) is 30.3 Å². The first-order chi connectivity index (χ1) is 11.6. The summed E-state index contributed by atoms with van der Waals surface area (Å²) >= 11 is 6.29. The number of methoxy groups -OCH3 is 4. The summed E-state index contributed by atoms with van der Waals surface area (Å²) in [7, 11) is 6.43. The van der Waals surface area contributed by atoms with Gasteiger partial charge in [0.05, 0.1) is 28.4 Å². The Hall–Kier alpha value is -2.11. The van der Waals surface area contributed by atoms with Crippen LogP contribution in [-0.2, 0) is 13.1 Å². The lowest BCUT2D eigenvalue weighted by Gasteiger charge is -2.13. The Morgan fingerprint density at radius 3 is 1.96 bits per heavy atom. The summed E-state index contributed by atoms with van der Waals surface area (Å²) in [5, 5.41) is 3.99. The van der Waals surface area contributed by atoms with Gasteiger partial charge < -0.3 is 24.3 Å². The lowest BCUT2D eigenvalue weighted by Crippen LogP contribution is -2.13. The van der Waals surface area contributed by atoms with Crippen molar-refractivity contribution in [2.24, 2.45) is 0 Å². The Bertz CT molecular complexity index is 691. The zero-order valence-corrected chi connectivity index (χ0v) is 15.1. The molecule has 0 aliphatic heterocycles. The molecule has 0 saturated carbocycles. The number of ether oxygens (including phenoxy) is 4. The number of hydrogen-bond donors (Lipinski definition) is 1. The molecular formula is C18H22ClNO4. The molecule has 0 radical (unpaired) electrons. The Labute approximate surface area is 147 Å². The topological polar surface area (TPSA) is 49.0 Å². The Morgan fingerprint density at radius 1 is 0.750 bits per heavy atom. The van der Waals surface area contributed by atoms with E-state index in [9.17, 15) is 0 Å². The van der Waals surface area contributed by atoms with Crippen LogP contribution in [0.1, 0.15) is 11.1 Å². The van der Waals surface area contributed by atoms with E-state index in [-0.39, 0.29) is 0 Å². The maximum Gasteiger partial charge on any atom is 0.162 e. The molecule has 0 unspecified atom stereocenters. The van der Waals surface area contributed by atoms with Crippen molar-refractivity contribution in [1.82, 2.24) is 5.32 Å². The monoisotopic (exact) mass is 351 g/mol. The smallest absolute Gasteiger partial charge is 0.162 e. The van der Waals surface area contributed by atoms with Gasteiger partial charge in [-0.2, -0.15) is 0 Å². The van der Waals surface area contributed by atoms with Gasteiger partial charge in [0.2, 0.25) is 0 Å². The van der Waals surface area contributed by atoms with Crippen molar-refractivity contribution in [1.29, 1.82) is 0 Å². The second-order valence-electron chi connectivity index (χ2n) is 5.09. The molecule has 0 bridgehead atoms. The summed E-state index contributed by atoms with van der Waals surface area (Å²) < 4.78 is 21.1. The molecule has 1 N–H and O–H groups in total. The van der Waals surface area contributed by atoms with Gasteiger partial charge in [-0.15, -0.1) is 0 Å². The Balaban J connectivity index is 2.04. The average molecular weight is 352 g/mol. The number of halogens is 1. The molecule has 0 amide bonds. The molecular weight excluding hydrogens is 330 g/mol. The number of benzene rings is 2. The SMILES string of the molecule is COc1ccc(CNCc2cc(OC)c(OC)cc2Cl)cc1OC. The molecule has 0 aromatic heterocycles. The van der Waals surface area contributed by atoms with Crippen LogP contribution in [0.3, 0.4) is 0 Å². The van der Waals surface area contributed by atoms with Crippen LogP contribution < -0.4 is 24.3 Å². The lowest BCUT2D eigenvalue weighted by molar-refractivity contribution is 0.354. The van der Waals surface area contributed by atoms with E-state index in [1.165, 1.54) is 0 Å². The van der Waals surface area contributed by atoms with Gasteiger partial charge in [0.15, 0.2) is 23.0 Å². The van der Waals surface area contributed by atoms with Crippen LogP contribution in [0.25, 0.3) is 0 Å². The zero-order valence-electron chi connectivity index (χ0n) is 14.3. The van der Waals surface area contributed by atoms with Crippen LogP contribution in [0.4, 0.5) is 0 Å². The summed E-state index contributed by atoms with van der Waals surface area (Å²) in [6.45, 7) is 1.28. The largest absolute Gasteiger partial charge is 0.493 e. The van der Waals surface area contributed by atoms with Gasteiger partial charge in [-0.1, -0.05) is 17.7 Å². The van der Waals surface area contributed by atoms with E-state index in [1.54, 1.807) is 34.5 Å². The minimum Gasteiger partial charge on any atom is -0.493 e. The molecule has 0 heterocycles. The van der Waals surface area contributed by atoms with Crippen LogP contribution >= 0.6 is 11.6 Å². The predicted octanol–water partition coefficient (Wildman–Crippen LogP) is 3.66. The van der Waals surface area contributed by atoms with Crippen LogP contribution in [-0.4, -0.2) is 28.4 Å². The highest BCUT2D eigenvalue weighted by Gasteiger charge is 2.10. The molecule has 2 rings (SSSR count). The molecule has 0 atom stereocenters. The second-order valence-corrected chi connectivity index (χ2v) is 5.50. The molecule has 0 aliphatic carbocycles. The van der Waals surface area contributed by atoms with Gasteiger partial charge in [0, 0.05) is 24.2 Å². The summed E-state index contributed by atoms with van der Waals surface area (Å²) in [6, 6.07) is 9.46. The van der Waals surface area contributed by atoms with Crippen LogP contribution in [0.2, 0.25) is 5.02 Å². The minimum absolute atomic E-state index is 0.605. The van der Waals surface area contributed by atoms with Gasteiger partial charge in [-0.05, 0) is 29.3 Å². The predicted molar refractivity (Wildman–Crippen MR) is 94.6 cm³/mol. The normalized spacial score (nSPS) is 10.4. The van der Waals surface area contributed by atoms with E-state index in [0.717, 1.165) is 11.1 Å². The Morgan fingerprint density at radius 2 is 1.33 bits per heavy atom. The summed E-state index contributed by atoms with van der Waals surface area (Å²) in [6.07, 6.45) is 0. The molecule has 0 spiro atoms. The number of hydrogen-bond acceptors (Lipinski definition) is 5. The molecule has 6 heteroatoms. The van der Waals surface area contributed by atoms with Crippen molar-refractivity contribution in [2.75, 3.05) is 28.4 Å². The van der Waals surface area contributed by atoms with Gasteiger partial charge in [0.25, 0.3) is 0 Å². The average Bonchev–Trinajstić information content (AvgIpc) is 2.62. The first kappa shape index (κ1) is 18.2. The molecule has 0 aliphatic rings. The molecule has 0 fully saturated rings. The van der Waals surface area contributed by atoms with Crippen molar-refractivity contribution in [3.8, 4) is 23.0 Å². The first-order valence-corrected chi connectivity index (χ1v) is 7.82. The van der Waals surface area contributed by atoms with Crippen molar-refractivity contribution in [3.05, 3.63) is 46.5 Å². The zero-order chi connectivity index (χ0) is 17.5. The fourth-order valence-corrected chi connectivity index (χ4v) is 2.58. The molecule has 130 valence electrons. The highest BCUT2D eigenvalue weighted by molar-refractivity contribution is 6.31. The maximum absolute atomic E-state index is 6.29. The molecule has 0 saturated heterocycles. The van der Waals surface area contributed by atoms with E-state index < -0.39 is 0 Å².